The lowest BCUT2D eigenvalue weighted by atomic mass is 10.1. The molecule has 110 valence electrons. The van der Waals surface area contributed by atoms with E-state index in [2.05, 4.69) is 21.2 Å². The first-order valence-corrected chi connectivity index (χ1v) is 7.38. The molecule has 2 N–H and O–H groups in total. The summed E-state index contributed by atoms with van der Waals surface area (Å²) in [4.78, 5) is 10.9. The van der Waals surface area contributed by atoms with Gasteiger partial charge in [0.1, 0.15) is 5.75 Å². The van der Waals surface area contributed by atoms with Gasteiger partial charge in [0.25, 0.3) is 0 Å². The summed E-state index contributed by atoms with van der Waals surface area (Å²) < 4.78 is 6.32. The summed E-state index contributed by atoms with van der Waals surface area (Å²) in [5.41, 5.74) is 2.15. The Morgan fingerprint density at radius 2 is 2.05 bits per heavy atom. The maximum Gasteiger partial charge on any atom is 0.335 e. The second kappa shape index (κ2) is 7.13. The van der Waals surface area contributed by atoms with Crippen LogP contribution in [0.4, 0.5) is 5.69 Å². The minimum atomic E-state index is -0.933. The molecular weight excluding hydrogens is 334 g/mol. The van der Waals surface area contributed by atoms with Gasteiger partial charge in [0, 0.05) is 11.0 Å². The Balaban J connectivity index is 2.11. The fourth-order valence-corrected chi connectivity index (χ4v) is 2.43. The Morgan fingerprint density at radius 3 is 2.71 bits per heavy atom. The van der Waals surface area contributed by atoms with Crippen LogP contribution in [0.15, 0.2) is 46.9 Å². The Bertz CT molecular complexity index is 643. The highest BCUT2D eigenvalue weighted by Gasteiger charge is 2.08. The summed E-state index contributed by atoms with van der Waals surface area (Å²) in [6.45, 7) is 3.12. The standard InChI is InChI=1S/C16H16BrNO3/c1-2-21-15-6-4-3-5-14(15)18-10-12-8-7-11(16(19)20)9-13(12)17/h3-9,18H,2,10H2,1H3,(H,19,20). The summed E-state index contributed by atoms with van der Waals surface area (Å²) in [6, 6.07) is 12.7. The van der Waals surface area contributed by atoms with Crippen molar-refractivity contribution in [2.24, 2.45) is 0 Å². The van der Waals surface area contributed by atoms with Crippen molar-refractivity contribution in [3.63, 3.8) is 0 Å². The van der Waals surface area contributed by atoms with Gasteiger partial charge in [0.05, 0.1) is 17.9 Å². The van der Waals surface area contributed by atoms with Crippen molar-refractivity contribution < 1.29 is 14.6 Å². The number of rotatable bonds is 6. The zero-order valence-corrected chi connectivity index (χ0v) is 13.2. The topological polar surface area (TPSA) is 58.6 Å². The Morgan fingerprint density at radius 1 is 1.29 bits per heavy atom. The molecule has 0 radical (unpaired) electrons. The third-order valence-electron chi connectivity index (χ3n) is 2.96. The molecule has 0 bridgehead atoms. The number of hydrogen-bond donors (Lipinski definition) is 2. The molecule has 0 saturated heterocycles. The molecule has 0 amide bonds. The minimum Gasteiger partial charge on any atom is -0.492 e. The van der Waals surface area contributed by atoms with E-state index in [1.807, 2.05) is 31.2 Å². The maximum absolute atomic E-state index is 10.9. The molecule has 0 unspecified atom stereocenters. The van der Waals surface area contributed by atoms with Crippen molar-refractivity contribution in [1.82, 2.24) is 0 Å². The Labute approximate surface area is 131 Å². The van der Waals surface area contributed by atoms with Crippen LogP contribution in [-0.2, 0) is 6.54 Å². The van der Waals surface area contributed by atoms with Gasteiger partial charge in [-0.25, -0.2) is 4.79 Å². The van der Waals surface area contributed by atoms with Crippen molar-refractivity contribution in [2.45, 2.75) is 13.5 Å². The predicted octanol–water partition coefficient (Wildman–Crippen LogP) is 4.16. The molecule has 0 heterocycles. The first-order valence-electron chi connectivity index (χ1n) is 6.59. The van der Waals surface area contributed by atoms with E-state index in [0.717, 1.165) is 21.5 Å². The predicted molar refractivity (Wildman–Crippen MR) is 86.0 cm³/mol. The fraction of sp³-hybridized carbons (Fsp3) is 0.188. The van der Waals surface area contributed by atoms with E-state index in [4.69, 9.17) is 9.84 Å². The Kier molecular flexibility index (Phi) is 5.22. The zero-order valence-electron chi connectivity index (χ0n) is 11.6. The van der Waals surface area contributed by atoms with Crippen LogP contribution in [0.2, 0.25) is 0 Å². The van der Waals surface area contributed by atoms with Crippen LogP contribution in [0.1, 0.15) is 22.8 Å². The van der Waals surface area contributed by atoms with Crippen molar-refractivity contribution in [2.75, 3.05) is 11.9 Å². The highest BCUT2D eigenvalue weighted by molar-refractivity contribution is 9.10. The molecule has 0 atom stereocenters. The van der Waals surface area contributed by atoms with Gasteiger partial charge < -0.3 is 15.2 Å². The van der Waals surface area contributed by atoms with E-state index in [9.17, 15) is 4.79 Å². The second-order valence-electron chi connectivity index (χ2n) is 4.39. The number of benzene rings is 2. The van der Waals surface area contributed by atoms with Gasteiger partial charge in [-0.3, -0.25) is 0 Å². The van der Waals surface area contributed by atoms with Crippen molar-refractivity contribution in [3.05, 3.63) is 58.1 Å². The first kappa shape index (κ1) is 15.4. The van der Waals surface area contributed by atoms with Gasteiger partial charge in [-0.1, -0.05) is 34.1 Å². The molecule has 2 aromatic rings. The van der Waals surface area contributed by atoms with E-state index in [1.54, 1.807) is 18.2 Å². The van der Waals surface area contributed by atoms with Crippen LogP contribution in [0.25, 0.3) is 0 Å². The van der Waals surface area contributed by atoms with E-state index < -0.39 is 5.97 Å². The largest absolute Gasteiger partial charge is 0.492 e. The van der Waals surface area contributed by atoms with E-state index in [0.29, 0.717) is 13.2 Å². The normalized spacial score (nSPS) is 10.2. The SMILES string of the molecule is CCOc1ccccc1NCc1ccc(C(=O)O)cc1Br. The van der Waals surface area contributed by atoms with Crippen LogP contribution in [0, 0.1) is 0 Å². The lowest BCUT2D eigenvalue weighted by Crippen LogP contribution is -2.04. The van der Waals surface area contributed by atoms with Gasteiger partial charge in [0.15, 0.2) is 0 Å². The highest BCUT2D eigenvalue weighted by Crippen LogP contribution is 2.26. The minimum absolute atomic E-state index is 0.264. The number of halogens is 1. The average Bonchev–Trinajstić information content (AvgIpc) is 2.47. The number of carboxylic acid groups (broad SMARTS) is 1. The third-order valence-corrected chi connectivity index (χ3v) is 3.69. The summed E-state index contributed by atoms with van der Waals surface area (Å²) in [5, 5.41) is 12.3. The average molecular weight is 350 g/mol. The molecule has 0 aliphatic carbocycles. The molecular formula is C16H16BrNO3. The second-order valence-corrected chi connectivity index (χ2v) is 5.25. The molecule has 0 aliphatic heterocycles. The fourth-order valence-electron chi connectivity index (χ4n) is 1.91. The first-order chi connectivity index (χ1) is 10.1. The number of nitrogens with one attached hydrogen (secondary N) is 1. The lowest BCUT2D eigenvalue weighted by molar-refractivity contribution is 0.0697. The number of para-hydroxylation sites is 2. The van der Waals surface area contributed by atoms with Crippen LogP contribution < -0.4 is 10.1 Å². The summed E-state index contributed by atoms with van der Waals surface area (Å²) in [6.07, 6.45) is 0. The van der Waals surface area contributed by atoms with Gasteiger partial charge in [0.2, 0.25) is 0 Å². The molecule has 5 heteroatoms. The number of carbonyl (C=O) groups is 1. The summed E-state index contributed by atoms with van der Waals surface area (Å²) in [5.74, 6) is -0.129. The molecule has 2 rings (SSSR count). The van der Waals surface area contributed by atoms with E-state index >= 15 is 0 Å². The number of anilines is 1. The van der Waals surface area contributed by atoms with Gasteiger partial charge in [-0.05, 0) is 36.8 Å². The van der Waals surface area contributed by atoms with E-state index in [-0.39, 0.29) is 5.56 Å². The number of ether oxygens (including phenoxy) is 1. The van der Waals surface area contributed by atoms with Crippen LogP contribution in [-0.4, -0.2) is 17.7 Å². The molecule has 0 aromatic heterocycles. The maximum atomic E-state index is 10.9. The smallest absolute Gasteiger partial charge is 0.335 e. The summed E-state index contributed by atoms with van der Waals surface area (Å²) >= 11 is 3.40. The monoisotopic (exact) mass is 349 g/mol. The van der Waals surface area contributed by atoms with Gasteiger partial charge in [-0.15, -0.1) is 0 Å². The lowest BCUT2D eigenvalue weighted by Gasteiger charge is -2.13. The molecule has 0 spiro atoms. The van der Waals surface area contributed by atoms with Crippen LogP contribution in [0.5, 0.6) is 5.75 Å². The van der Waals surface area contributed by atoms with E-state index in [1.165, 1.54) is 0 Å². The van der Waals surface area contributed by atoms with Gasteiger partial charge >= 0.3 is 5.97 Å². The molecule has 0 saturated carbocycles. The number of aromatic carboxylic acids is 1. The molecule has 21 heavy (non-hydrogen) atoms. The van der Waals surface area contributed by atoms with Crippen molar-refractivity contribution >= 4 is 27.6 Å². The van der Waals surface area contributed by atoms with Gasteiger partial charge in [-0.2, -0.15) is 0 Å². The molecule has 2 aromatic carbocycles. The highest BCUT2D eigenvalue weighted by atomic mass is 79.9. The van der Waals surface area contributed by atoms with Crippen molar-refractivity contribution in [3.8, 4) is 5.75 Å². The van der Waals surface area contributed by atoms with Crippen LogP contribution in [0.3, 0.4) is 0 Å². The molecule has 0 aliphatic rings. The molecule has 0 fully saturated rings. The zero-order chi connectivity index (χ0) is 15.2. The summed E-state index contributed by atoms with van der Waals surface area (Å²) in [7, 11) is 0. The number of carboxylic acids is 1. The van der Waals surface area contributed by atoms with Crippen LogP contribution >= 0.6 is 15.9 Å². The Hall–Kier alpha value is -2.01. The molecule has 4 nitrogen and oxygen atoms in total. The quantitative estimate of drug-likeness (QED) is 0.821. The van der Waals surface area contributed by atoms with Crippen molar-refractivity contribution in [1.29, 1.82) is 0 Å². The number of hydrogen-bond acceptors (Lipinski definition) is 3. The third kappa shape index (κ3) is 3.98.